The summed E-state index contributed by atoms with van der Waals surface area (Å²) in [6, 6.07) is 1.10. The van der Waals surface area contributed by atoms with Gasteiger partial charge in [-0.2, -0.15) is 0 Å². The van der Waals surface area contributed by atoms with Gasteiger partial charge in [-0.25, -0.2) is 0 Å². The van der Waals surface area contributed by atoms with Crippen LogP contribution in [0.25, 0.3) is 0 Å². The van der Waals surface area contributed by atoms with E-state index < -0.39 is 0 Å². The second-order valence-corrected chi connectivity index (χ2v) is 7.54. The Kier molecular flexibility index (Phi) is 5.30. The number of aliphatic hydroxyl groups excluding tert-OH is 1. The second kappa shape index (κ2) is 6.58. The SMILES string of the molecule is CC1CCCC(N(C)C2CC(C(C)C)CCC2O)C1. The first-order valence-electron chi connectivity index (χ1n) is 8.39. The Balaban J connectivity index is 1.97. The zero-order chi connectivity index (χ0) is 14.0. The van der Waals surface area contributed by atoms with Crippen LogP contribution in [0.3, 0.4) is 0 Å². The number of likely N-dealkylation sites (N-methyl/N-ethyl adjacent to an activating group) is 1. The molecule has 0 aliphatic heterocycles. The highest BCUT2D eigenvalue weighted by Crippen LogP contribution is 2.35. The third-order valence-electron chi connectivity index (χ3n) is 5.77. The largest absolute Gasteiger partial charge is 0.391 e. The van der Waals surface area contributed by atoms with Gasteiger partial charge in [0, 0.05) is 12.1 Å². The quantitative estimate of drug-likeness (QED) is 0.843. The van der Waals surface area contributed by atoms with Gasteiger partial charge in [-0.15, -0.1) is 0 Å². The lowest BCUT2D eigenvalue weighted by Gasteiger charge is -2.45. The molecule has 2 aliphatic rings. The predicted octanol–water partition coefficient (Wildman–Crippen LogP) is 3.68. The molecule has 112 valence electrons. The average Bonchev–Trinajstić information content (AvgIpc) is 2.38. The van der Waals surface area contributed by atoms with Crippen molar-refractivity contribution < 1.29 is 5.11 Å². The van der Waals surface area contributed by atoms with Gasteiger partial charge in [-0.1, -0.05) is 33.6 Å². The van der Waals surface area contributed by atoms with Gasteiger partial charge in [0.1, 0.15) is 0 Å². The normalized spacial score (nSPS) is 40.9. The maximum Gasteiger partial charge on any atom is 0.0695 e. The van der Waals surface area contributed by atoms with Crippen molar-refractivity contribution in [1.82, 2.24) is 4.90 Å². The Hall–Kier alpha value is -0.0800. The molecule has 0 spiro atoms. The number of hydrogen-bond acceptors (Lipinski definition) is 2. The fourth-order valence-corrected chi connectivity index (χ4v) is 4.25. The molecule has 0 saturated heterocycles. The monoisotopic (exact) mass is 267 g/mol. The van der Waals surface area contributed by atoms with Crippen LogP contribution in [0.5, 0.6) is 0 Å². The number of rotatable bonds is 3. The molecule has 5 unspecified atom stereocenters. The van der Waals surface area contributed by atoms with Gasteiger partial charge in [-0.3, -0.25) is 4.90 Å². The summed E-state index contributed by atoms with van der Waals surface area (Å²) in [5.41, 5.74) is 0. The van der Waals surface area contributed by atoms with Crippen LogP contribution in [-0.2, 0) is 0 Å². The van der Waals surface area contributed by atoms with E-state index in [0.717, 1.165) is 24.2 Å². The van der Waals surface area contributed by atoms with Crippen LogP contribution in [0.15, 0.2) is 0 Å². The minimum absolute atomic E-state index is 0.0998. The molecular weight excluding hydrogens is 234 g/mol. The lowest BCUT2D eigenvalue weighted by molar-refractivity contribution is -0.0200. The van der Waals surface area contributed by atoms with Crippen molar-refractivity contribution in [3.05, 3.63) is 0 Å². The molecular formula is C17H33NO. The van der Waals surface area contributed by atoms with Crippen LogP contribution in [0.4, 0.5) is 0 Å². The Labute approximate surface area is 119 Å². The summed E-state index contributed by atoms with van der Waals surface area (Å²) in [7, 11) is 2.26. The zero-order valence-corrected chi connectivity index (χ0v) is 13.3. The van der Waals surface area contributed by atoms with Crippen molar-refractivity contribution in [2.75, 3.05) is 7.05 Å². The van der Waals surface area contributed by atoms with Crippen molar-refractivity contribution in [3.63, 3.8) is 0 Å². The number of aliphatic hydroxyl groups is 1. The Bertz CT molecular complexity index is 278. The molecule has 0 amide bonds. The van der Waals surface area contributed by atoms with E-state index in [4.69, 9.17) is 0 Å². The van der Waals surface area contributed by atoms with Crippen molar-refractivity contribution >= 4 is 0 Å². The van der Waals surface area contributed by atoms with E-state index in [1.807, 2.05) is 0 Å². The van der Waals surface area contributed by atoms with E-state index in [2.05, 4.69) is 32.7 Å². The molecule has 2 nitrogen and oxygen atoms in total. The fourth-order valence-electron chi connectivity index (χ4n) is 4.25. The smallest absolute Gasteiger partial charge is 0.0695 e. The van der Waals surface area contributed by atoms with Crippen LogP contribution in [0.1, 0.15) is 65.7 Å². The van der Waals surface area contributed by atoms with Gasteiger partial charge in [0.2, 0.25) is 0 Å². The summed E-state index contributed by atoms with van der Waals surface area (Å²) in [5, 5.41) is 10.4. The highest BCUT2D eigenvalue weighted by Gasteiger charge is 2.36. The van der Waals surface area contributed by atoms with Crippen LogP contribution in [0.2, 0.25) is 0 Å². The van der Waals surface area contributed by atoms with Crippen molar-refractivity contribution in [2.45, 2.75) is 83.9 Å². The molecule has 0 aromatic heterocycles. The summed E-state index contributed by atoms with van der Waals surface area (Å²) in [6.07, 6.45) is 8.73. The van der Waals surface area contributed by atoms with E-state index in [0.29, 0.717) is 12.1 Å². The highest BCUT2D eigenvalue weighted by molar-refractivity contribution is 4.90. The van der Waals surface area contributed by atoms with E-state index in [1.54, 1.807) is 0 Å². The Morgan fingerprint density at radius 2 is 1.79 bits per heavy atom. The fraction of sp³-hybridized carbons (Fsp3) is 1.00. The molecule has 5 atom stereocenters. The summed E-state index contributed by atoms with van der Waals surface area (Å²) in [4.78, 5) is 2.54. The van der Waals surface area contributed by atoms with Crippen LogP contribution in [0, 0.1) is 17.8 Å². The first kappa shape index (κ1) is 15.3. The van der Waals surface area contributed by atoms with E-state index in [9.17, 15) is 5.11 Å². The summed E-state index contributed by atoms with van der Waals surface area (Å²) in [5.74, 6) is 2.42. The van der Waals surface area contributed by atoms with Crippen molar-refractivity contribution in [2.24, 2.45) is 17.8 Å². The van der Waals surface area contributed by atoms with Gasteiger partial charge < -0.3 is 5.11 Å². The minimum Gasteiger partial charge on any atom is -0.391 e. The first-order chi connectivity index (χ1) is 8.99. The molecule has 0 heterocycles. The maximum atomic E-state index is 10.4. The average molecular weight is 267 g/mol. The molecule has 0 radical (unpaired) electrons. The Morgan fingerprint density at radius 3 is 2.42 bits per heavy atom. The molecule has 0 bridgehead atoms. The lowest BCUT2D eigenvalue weighted by atomic mass is 9.76. The third-order valence-corrected chi connectivity index (χ3v) is 5.77. The van der Waals surface area contributed by atoms with Gasteiger partial charge in [0.05, 0.1) is 6.10 Å². The first-order valence-corrected chi connectivity index (χ1v) is 8.39. The molecule has 2 rings (SSSR count). The van der Waals surface area contributed by atoms with Gasteiger partial charge in [0.15, 0.2) is 0 Å². The zero-order valence-electron chi connectivity index (χ0n) is 13.3. The standard InChI is InChI=1S/C17H33NO/c1-12(2)14-8-9-17(19)16(11-14)18(4)15-7-5-6-13(3)10-15/h12-17,19H,5-11H2,1-4H3. The van der Waals surface area contributed by atoms with Crippen molar-refractivity contribution in [3.8, 4) is 0 Å². The van der Waals surface area contributed by atoms with Gasteiger partial charge >= 0.3 is 0 Å². The summed E-state index contributed by atoms with van der Waals surface area (Å²) >= 11 is 0. The van der Waals surface area contributed by atoms with Crippen LogP contribution in [-0.4, -0.2) is 35.2 Å². The van der Waals surface area contributed by atoms with E-state index in [1.165, 1.54) is 38.5 Å². The molecule has 2 aliphatic carbocycles. The Morgan fingerprint density at radius 1 is 1.05 bits per heavy atom. The molecule has 2 heteroatoms. The summed E-state index contributed by atoms with van der Waals surface area (Å²) < 4.78 is 0. The minimum atomic E-state index is -0.0998. The number of nitrogens with zero attached hydrogens (tertiary/aromatic N) is 1. The molecule has 0 aromatic rings. The van der Waals surface area contributed by atoms with Gasteiger partial charge in [0.25, 0.3) is 0 Å². The third kappa shape index (κ3) is 3.72. The molecule has 19 heavy (non-hydrogen) atoms. The van der Waals surface area contributed by atoms with Crippen LogP contribution < -0.4 is 0 Å². The van der Waals surface area contributed by atoms with Gasteiger partial charge in [-0.05, 0) is 56.9 Å². The van der Waals surface area contributed by atoms with E-state index in [-0.39, 0.29) is 6.10 Å². The predicted molar refractivity (Wildman–Crippen MR) is 81.2 cm³/mol. The second-order valence-electron chi connectivity index (χ2n) is 7.54. The topological polar surface area (TPSA) is 23.5 Å². The number of hydrogen-bond donors (Lipinski definition) is 1. The molecule has 1 N–H and O–H groups in total. The van der Waals surface area contributed by atoms with Crippen molar-refractivity contribution in [1.29, 1.82) is 0 Å². The molecule has 2 saturated carbocycles. The van der Waals surface area contributed by atoms with Crippen LogP contribution >= 0.6 is 0 Å². The van der Waals surface area contributed by atoms with E-state index >= 15 is 0 Å². The maximum absolute atomic E-state index is 10.4. The molecule has 2 fully saturated rings. The highest BCUT2D eigenvalue weighted by atomic mass is 16.3. The lowest BCUT2D eigenvalue weighted by Crippen LogP contribution is -2.51. The molecule has 0 aromatic carbocycles. The summed E-state index contributed by atoms with van der Waals surface area (Å²) in [6.45, 7) is 7.05.